The molecule has 0 saturated carbocycles. The first-order valence-corrected chi connectivity index (χ1v) is 8.92. The van der Waals surface area contributed by atoms with Gasteiger partial charge < -0.3 is 10.1 Å². The van der Waals surface area contributed by atoms with E-state index >= 15 is 0 Å². The molecule has 0 aromatic heterocycles. The van der Waals surface area contributed by atoms with E-state index in [0.29, 0.717) is 13.2 Å². The van der Waals surface area contributed by atoms with Crippen LogP contribution in [0.15, 0.2) is 24.3 Å². The van der Waals surface area contributed by atoms with Crippen molar-refractivity contribution in [1.82, 2.24) is 10.2 Å². The number of benzene rings is 1. The highest BCUT2D eigenvalue weighted by Gasteiger charge is 2.14. The highest BCUT2D eigenvalue weighted by molar-refractivity contribution is 7.90. The Morgan fingerprint density at radius 1 is 1.30 bits per heavy atom. The number of para-hydroxylation sites is 1. The molecular formula is C14H22N2O3S. The highest BCUT2D eigenvalue weighted by Crippen LogP contribution is 2.21. The maximum absolute atomic E-state index is 11.0. The number of rotatable bonds is 6. The summed E-state index contributed by atoms with van der Waals surface area (Å²) >= 11 is 0. The molecule has 0 aliphatic carbocycles. The molecule has 0 fully saturated rings. The molecule has 1 heterocycles. The molecule has 1 aliphatic heterocycles. The van der Waals surface area contributed by atoms with Crippen LogP contribution >= 0.6 is 0 Å². The lowest BCUT2D eigenvalue weighted by Gasteiger charge is -2.19. The predicted octanol–water partition coefficient (Wildman–Crippen LogP) is 0.515. The summed E-state index contributed by atoms with van der Waals surface area (Å²) in [5, 5.41) is 3.17. The van der Waals surface area contributed by atoms with Crippen molar-refractivity contribution in [3.8, 4) is 5.75 Å². The van der Waals surface area contributed by atoms with Gasteiger partial charge in [-0.15, -0.1) is 0 Å². The Labute approximate surface area is 120 Å². The minimum Gasteiger partial charge on any atom is -0.492 e. The predicted molar refractivity (Wildman–Crippen MR) is 79.8 cm³/mol. The summed E-state index contributed by atoms with van der Waals surface area (Å²) in [6.45, 7) is 4.66. The van der Waals surface area contributed by atoms with E-state index in [1.165, 1.54) is 11.8 Å². The van der Waals surface area contributed by atoms with Crippen LogP contribution in [0.25, 0.3) is 0 Å². The molecule has 0 amide bonds. The number of fused-ring (bicyclic) bond motifs is 1. The normalized spacial score (nSPS) is 16.2. The monoisotopic (exact) mass is 298 g/mol. The number of hydrogen-bond donors (Lipinski definition) is 1. The Kier molecular flexibility index (Phi) is 5.39. The van der Waals surface area contributed by atoms with Gasteiger partial charge in [0.15, 0.2) is 0 Å². The second-order valence-electron chi connectivity index (χ2n) is 5.11. The van der Waals surface area contributed by atoms with Crippen molar-refractivity contribution in [2.24, 2.45) is 0 Å². The van der Waals surface area contributed by atoms with Crippen molar-refractivity contribution < 1.29 is 13.2 Å². The molecule has 0 atom stereocenters. The molecule has 0 unspecified atom stereocenters. The molecule has 5 nitrogen and oxygen atoms in total. The molecule has 2 rings (SSSR count). The first-order chi connectivity index (χ1) is 9.54. The van der Waals surface area contributed by atoms with Gasteiger partial charge in [0, 0.05) is 44.5 Å². The van der Waals surface area contributed by atoms with Crippen LogP contribution in [0.3, 0.4) is 0 Å². The number of sulfone groups is 1. The smallest absolute Gasteiger partial charge is 0.148 e. The maximum atomic E-state index is 11.0. The van der Waals surface area contributed by atoms with Gasteiger partial charge >= 0.3 is 0 Å². The third kappa shape index (κ3) is 5.11. The van der Waals surface area contributed by atoms with E-state index in [1.54, 1.807) is 0 Å². The first kappa shape index (κ1) is 15.3. The van der Waals surface area contributed by atoms with E-state index in [2.05, 4.69) is 16.3 Å². The van der Waals surface area contributed by atoms with E-state index in [1.807, 2.05) is 18.2 Å². The fourth-order valence-corrected chi connectivity index (χ4v) is 2.71. The summed E-state index contributed by atoms with van der Waals surface area (Å²) in [6, 6.07) is 8.10. The molecule has 20 heavy (non-hydrogen) atoms. The molecule has 6 heteroatoms. The van der Waals surface area contributed by atoms with Gasteiger partial charge in [0.25, 0.3) is 0 Å². The Bertz CT molecular complexity index is 531. The molecule has 0 radical (unpaired) electrons. The van der Waals surface area contributed by atoms with Crippen LogP contribution in [-0.4, -0.2) is 58.1 Å². The van der Waals surface area contributed by atoms with E-state index in [0.717, 1.165) is 31.9 Å². The van der Waals surface area contributed by atoms with Gasteiger partial charge in [-0.25, -0.2) is 8.42 Å². The largest absolute Gasteiger partial charge is 0.492 e. The molecule has 112 valence electrons. The average molecular weight is 298 g/mol. The van der Waals surface area contributed by atoms with E-state index in [-0.39, 0.29) is 5.75 Å². The number of nitrogens with one attached hydrogen (secondary N) is 1. The van der Waals surface area contributed by atoms with Gasteiger partial charge in [-0.2, -0.15) is 0 Å². The molecule has 1 aromatic rings. The first-order valence-electron chi connectivity index (χ1n) is 6.86. The summed E-state index contributed by atoms with van der Waals surface area (Å²) in [7, 11) is -2.87. The molecular weight excluding hydrogens is 276 g/mol. The molecule has 1 N–H and O–H groups in total. The van der Waals surface area contributed by atoms with Crippen molar-refractivity contribution >= 4 is 9.84 Å². The third-order valence-corrected chi connectivity index (χ3v) is 4.23. The Morgan fingerprint density at radius 3 is 2.90 bits per heavy atom. The van der Waals surface area contributed by atoms with Gasteiger partial charge in [-0.3, -0.25) is 4.90 Å². The number of nitrogens with zero attached hydrogens (tertiary/aromatic N) is 1. The van der Waals surface area contributed by atoms with Gasteiger partial charge in [-0.1, -0.05) is 18.2 Å². The minimum atomic E-state index is -2.87. The number of ether oxygens (including phenoxy) is 1. The highest BCUT2D eigenvalue weighted by atomic mass is 32.2. The van der Waals surface area contributed by atoms with Crippen LogP contribution in [0.4, 0.5) is 0 Å². The standard InChI is InChI=1S/C14H22N2O3S/c1-20(17,18)11-7-15-6-8-16-9-10-19-14-5-3-2-4-13(14)12-16/h2-5,15H,6-12H2,1H3. The van der Waals surface area contributed by atoms with Crippen LogP contribution in [0, 0.1) is 0 Å². The van der Waals surface area contributed by atoms with Crippen molar-refractivity contribution in [1.29, 1.82) is 0 Å². The number of hydrogen-bond acceptors (Lipinski definition) is 5. The summed E-state index contributed by atoms with van der Waals surface area (Å²) in [4.78, 5) is 2.32. The Morgan fingerprint density at radius 2 is 2.10 bits per heavy atom. The van der Waals surface area contributed by atoms with Gasteiger partial charge in [0.1, 0.15) is 22.2 Å². The van der Waals surface area contributed by atoms with Gasteiger partial charge in [0.05, 0.1) is 5.75 Å². The third-order valence-electron chi connectivity index (χ3n) is 3.29. The lowest BCUT2D eigenvalue weighted by atomic mass is 10.2. The summed E-state index contributed by atoms with van der Waals surface area (Å²) in [5.74, 6) is 1.17. The summed E-state index contributed by atoms with van der Waals surface area (Å²) in [6.07, 6.45) is 1.26. The van der Waals surface area contributed by atoms with E-state index in [9.17, 15) is 8.42 Å². The second kappa shape index (κ2) is 7.06. The van der Waals surface area contributed by atoms with Crippen molar-refractivity contribution in [2.75, 3.05) is 44.8 Å². The fraction of sp³-hybridized carbons (Fsp3) is 0.571. The van der Waals surface area contributed by atoms with Crippen molar-refractivity contribution in [3.05, 3.63) is 29.8 Å². The molecule has 0 bridgehead atoms. The van der Waals surface area contributed by atoms with Gasteiger partial charge in [-0.05, 0) is 6.07 Å². The molecule has 0 spiro atoms. The van der Waals surface area contributed by atoms with Crippen molar-refractivity contribution in [2.45, 2.75) is 6.54 Å². The topological polar surface area (TPSA) is 58.6 Å². The van der Waals surface area contributed by atoms with Crippen LogP contribution in [0.2, 0.25) is 0 Å². The van der Waals surface area contributed by atoms with E-state index in [4.69, 9.17) is 4.74 Å². The zero-order chi connectivity index (χ0) is 14.4. The Balaban J connectivity index is 1.74. The maximum Gasteiger partial charge on any atom is 0.148 e. The van der Waals surface area contributed by atoms with Crippen LogP contribution in [0.5, 0.6) is 5.75 Å². The average Bonchev–Trinajstić information content (AvgIpc) is 2.58. The van der Waals surface area contributed by atoms with Crippen molar-refractivity contribution in [3.63, 3.8) is 0 Å². The lowest BCUT2D eigenvalue weighted by molar-refractivity contribution is 0.226. The zero-order valence-electron chi connectivity index (χ0n) is 11.8. The lowest BCUT2D eigenvalue weighted by Crippen LogP contribution is -2.34. The Hall–Kier alpha value is -1.11. The molecule has 1 aromatic carbocycles. The summed E-state index contributed by atoms with van der Waals surface area (Å²) in [5.41, 5.74) is 1.21. The van der Waals surface area contributed by atoms with Crippen LogP contribution < -0.4 is 10.1 Å². The second-order valence-corrected chi connectivity index (χ2v) is 7.37. The quantitative estimate of drug-likeness (QED) is 0.776. The van der Waals surface area contributed by atoms with Crippen LogP contribution in [-0.2, 0) is 16.4 Å². The molecule has 0 saturated heterocycles. The van der Waals surface area contributed by atoms with Crippen LogP contribution in [0.1, 0.15) is 5.56 Å². The SMILES string of the molecule is CS(=O)(=O)CCNCCN1CCOc2ccccc2C1. The zero-order valence-corrected chi connectivity index (χ0v) is 12.7. The van der Waals surface area contributed by atoms with E-state index < -0.39 is 9.84 Å². The summed E-state index contributed by atoms with van der Waals surface area (Å²) < 4.78 is 27.7. The molecule has 1 aliphatic rings. The minimum absolute atomic E-state index is 0.193. The van der Waals surface area contributed by atoms with Gasteiger partial charge in [0.2, 0.25) is 0 Å². The fourth-order valence-electron chi connectivity index (χ4n) is 2.19.